The minimum Gasteiger partial charge on any atom is -0.311 e. The number of hydrogen-bond acceptors (Lipinski definition) is 4. The van der Waals surface area contributed by atoms with Crippen LogP contribution in [0.1, 0.15) is 26.0 Å². The lowest BCUT2D eigenvalue weighted by Crippen LogP contribution is -2.50. The van der Waals surface area contributed by atoms with Gasteiger partial charge in [-0.15, -0.1) is 11.3 Å². The van der Waals surface area contributed by atoms with Gasteiger partial charge in [0.15, 0.2) is 0 Å². The Morgan fingerprint density at radius 2 is 2.50 bits per heavy atom. The van der Waals surface area contributed by atoms with Crippen LogP contribution in [-0.2, 0) is 6.54 Å². The number of rotatable bonds is 4. The van der Waals surface area contributed by atoms with Gasteiger partial charge in [0.05, 0.1) is 11.2 Å². The molecule has 1 aliphatic rings. The average molecular weight is 239 g/mol. The van der Waals surface area contributed by atoms with Crippen molar-refractivity contribution in [1.29, 1.82) is 0 Å². The summed E-state index contributed by atoms with van der Waals surface area (Å²) >= 11 is 1.69. The van der Waals surface area contributed by atoms with E-state index in [1.54, 1.807) is 11.3 Å². The lowest BCUT2D eigenvalue weighted by atomic mass is 10.0. The molecule has 2 rings (SSSR count). The maximum atomic E-state index is 4.35. The summed E-state index contributed by atoms with van der Waals surface area (Å²) in [4.78, 5) is 6.87. The van der Waals surface area contributed by atoms with Crippen molar-refractivity contribution in [3.8, 4) is 0 Å². The molecule has 1 aromatic rings. The summed E-state index contributed by atoms with van der Waals surface area (Å²) in [6.45, 7) is 9.02. The molecule has 1 aromatic heterocycles. The smallest absolute Gasteiger partial charge is 0.0795 e. The average Bonchev–Trinajstić information content (AvgIpc) is 2.70. The molecular weight excluding hydrogens is 218 g/mol. The molecule has 0 bridgehead atoms. The Labute approximate surface area is 102 Å². The second-order valence-corrected chi connectivity index (χ2v) is 5.71. The number of hydrogen-bond donors (Lipinski definition) is 1. The highest BCUT2D eigenvalue weighted by atomic mass is 32.1. The maximum absolute atomic E-state index is 4.35. The highest BCUT2D eigenvalue weighted by Crippen LogP contribution is 2.12. The van der Waals surface area contributed by atoms with E-state index < -0.39 is 0 Å². The lowest BCUT2D eigenvalue weighted by Gasteiger charge is -2.34. The van der Waals surface area contributed by atoms with E-state index in [1.807, 2.05) is 5.51 Å². The first-order chi connectivity index (χ1) is 7.74. The zero-order valence-corrected chi connectivity index (χ0v) is 11.0. The van der Waals surface area contributed by atoms with Crippen molar-refractivity contribution >= 4 is 11.3 Å². The van der Waals surface area contributed by atoms with Gasteiger partial charge in [-0.1, -0.05) is 13.8 Å². The standard InChI is InChI=1S/C12H21N3S/c1-10(2)5-11-6-15(4-3-13-11)7-12-8-16-9-14-12/h8-11,13H,3-7H2,1-2H3. The second kappa shape index (κ2) is 5.75. The van der Waals surface area contributed by atoms with Crippen LogP contribution < -0.4 is 5.32 Å². The van der Waals surface area contributed by atoms with Crippen molar-refractivity contribution in [2.45, 2.75) is 32.9 Å². The molecule has 1 unspecified atom stereocenters. The molecule has 1 N–H and O–H groups in total. The van der Waals surface area contributed by atoms with Crippen molar-refractivity contribution in [2.75, 3.05) is 19.6 Å². The molecule has 16 heavy (non-hydrogen) atoms. The largest absolute Gasteiger partial charge is 0.311 e. The molecular formula is C12H21N3S. The van der Waals surface area contributed by atoms with E-state index in [-0.39, 0.29) is 0 Å². The summed E-state index contributed by atoms with van der Waals surface area (Å²) < 4.78 is 0. The maximum Gasteiger partial charge on any atom is 0.0795 e. The first-order valence-corrected chi connectivity index (χ1v) is 7.01. The number of nitrogens with one attached hydrogen (secondary N) is 1. The van der Waals surface area contributed by atoms with E-state index >= 15 is 0 Å². The first-order valence-electron chi connectivity index (χ1n) is 6.07. The van der Waals surface area contributed by atoms with E-state index in [9.17, 15) is 0 Å². The van der Waals surface area contributed by atoms with Gasteiger partial charge in [-0.05, 0) is 12.3 Å². The summed E-state index contributed by atoms with van der Waals surface area (Å²) in [5, 5.41) is 5.75. The fraction of sp³-hybridized carbons (Fsp3) is 0.750. The zero-order chi connectivity index (χ0) is 11.4. The minimum absolute atomic E-state index is 0.660. The van der Waals surface area contributed by atoms with Crippen LogP contribution in [0, 0.1) is 5.92 Å². The Morgan fingerprint density at radius 3 is 3.19 bits per heavy atom. The van der Waals surface area contributed by atoms with Crippen LogP contribution in [0.2, 0.25) is 0 Å². The minimum atomic E-state index is 0.660. The molecule has 1 saturated heterocycles. The molecule has 1 fully saturated rings. The lowest BCUT2D eigenvalue weighted by molar-refractivity contribution is 0.178. The number of nitrogens with zero attached hydrogens (tertiary/aromatic N) is 2. The Kier molecular flexibility index (Phi) is 4.32. The second-order valence-electron chi connectivity index (χ2n) is 5.00. The van der Waals surface area contributed by atoms with Gasteiger partial charge in [0.2, 0.25) is 0 Å². The van der Waals surface area contributed by atoms with Crippen molar-refractivity contribution in [1.82, 2.24) is 15.2 Å². The van der Waals surface area contributed by atoms with Gasteiger partial charge in [0, 0.05) is 37.6 Å². The Bertz CT molecular complexity index is 297. The number of thiazole rings is 1. The van der Waals surface area contributed by atoms with Gasteiger partial charge in [-0.3, -0.25) is 4.90 Å². The third-order valence-electron chi connectivity index (χ3n) is 2.96. The van der Waals surface area contributed by atoms with Crippen LogP contribution in [0.15, 0.2) is 10.9 Å². The highest BCUT2D eigenvalue weighted by molar-refractivity contribution is 7.07. The fourth-order valence-electron chi connectivity index (χ4n) is 2.31. The highest BCUT2D eigenvalue weighted by Gasteiger charge is 2.20. The molecule has 0 amide bonds. The van der Waals surface area contributed by atoms with Gasteiger partial charge < -0.3 is 5.32 Å². The molecule has 4 heteroatoms. The van der Waals surface area contributed by atoms with E-state index in [2.05, 4.69) is 34.4 Å². The summed E-state index contributed by atoms with van der Waals surface area (Å²) in [6, 6.07) is 0.660. The summed E-state index contributed by atoms with van der Waals surface area (Å²) in [5.74, 6) is 0.775. The van der Waals surface area contributed by atoms with Crippen molar-refractivity contribution in [3.05, 3.63) is 16.6 Å². The van der Waals surface area contributed by atoms with E-state index in [0.29, 0.717) is 6.04 Å². The van der Waals surface area contributed by atoms with Crippen molar-refractivity contribution in [2.24, 2.45) is 5.92 Å². The molecule has 0 spiro atoms. The quantitative estimate of drug-likeness (QED) is 0.870. The number of aromatic nitrogens is 1. The van der Waals surface area contributed by atoms with E-state index in [1.165, 1.54) is 12.1 Å². The molecule has 1 aliphatic heterocycles. The van der Waals surface area contributed by atoms with Crippen LogP contribution in [0.4, 0.5) is 0 Å². The first kappa shape index (κ1) is 12.0. The van der Waals surface area contributed by atoms with Gasteiger partial charge >= 0.3 is 0 Å². The molecule has 0 aromatic carbocycles. The van der Waals surface area contributed by atoms with Crippen LogP contribution in [0.3, 0.4) is 0 Å². The Hall–Kier alpha value is -0.450. The monoisotopic (exact) mass is 239 g/mol. The zero-order valence-electron chi connectivity index (χ0n) is 10.1. The van der Waals surface area contributed by atoms with Crippen molar-refractivity contribution < 1.29 is 0 Å². The Morgan fingerprint density at radius 1 is 1.62 bits per heavy atom. The van der Waals surface area contributed by atoms with Crippen LogP contribution >= 0.6 is 11.3 Å². The summed E-state index contributed by atoms with van der Waals surface area (Å²) in [6.07, 6.45) is 1.27. The molecule has 0 aliphatic carbocycles. The normalized spacial score (nSPS) is 22.8. The predicted octanol–water partition coefficient (Wildman–Crippen LogP) is 1.96. The van der Waals surface area contributed by atoms with Gasteiger partial charge in [0.25, 0.3) is 0 Å². The van der Waals surface area contributed by atoms with E-state index in [4.69, 9.17) is 0 Å². The molecule has 1 atom stereocenters. The van der Waals surface area contributed by atoms with Gasteiger partial charge in [-0.25, -0.2) is 4.98 Å². The summed E-state index contributed by atoms with van der Waals surface area (Å²) in [5.41, 5.74) is 3.14. The molecule has 90 valence electrons. The third-order valence-corrected chi connectivity index (χ3v) is 3.60. The Balaban J connectivity index is 1.82. The molecule has 3 nitrogen and oxygen atoms in total. The molecule has 2 heterocycles. The van der Waals surface area contributed by atoms with E-state index in [0.717, 1.165) is 32.1 Å². The summed E-state index contributed by atoms with van der Waals surface area (Å²) in [7, 11) is 0. The van der Waals surface area contributed by atoms with Gasteiger partial charge in [-0.2, -0.15) is 0 Å². The molecule has 0 radical (unpaired) electrons. The van der Waals surface area contributed by atoms with Crippen LogP contribution in [0.25, 0.3) is 0 Å². The van der Waals surface area contributed by atoms with Crippen LogP contribution in [0.5, 0.6) is 0 Å². The van der Waals surface area contributed by atoms with Crippen LogP contribution in [-0.4, -0.2) is 35.6 Å². The third kappa shape index (κ3) is 3.54. The SMILES string of the molecule is CC(C)CC1CN(Cc2cscn2)CCN1. The van der Waals surface area contributed by atoms with Crippen molar-refractivity contribution in [3.63, 3.8) is 0 Å². The molecule has 0 saturated carbocycles. The fourth-order valence-corrected chi connectivity index (χ4v) is 2.86. The topological polar surface area (TPSA) is 28.2 Å². The van der Waals surface area contributed by atoms with Gasteiger partial charge in [0.1, 0.15) is 0 Å². The predicted molar refractivity (Wildman–Crippen MR) is 68.6 cm³/mol. The number of piperazine rings is 1.